The first-order valence-electron chi connectivity index (χ1n) is 11.4. The van der Waals surface area contributed by atoms with Crippen LogP contribution in [0.5, 0.6) is 0 Å². The molecule has 1 N–H and O–H groups in total. The van der Waals surface area contributed by atoms with Gasteiger partial charge in [0.15, 0.2) is 0 Å². The van der Waals surface area contributed by atoms with Gasteiger partial charge in [-0.3, -0.25) is 4.18 Å². The summed E-state index contributed by atoms with van der Waals surface area (Å²) in [5.41, 5.74) is 1.20. The molecule has 1 heterocycles. The lowest BCUT2D eigenvalue weighted by molar-refractivity contribution is -0.129. The van der Waals surface area contributed by atoms with Crippen LogP contribution in [-0.4, -0.2) is 65.7 Å². The number of hydrogen-bond acceptors (Lipinski definition) is 9. The molecule has 11 heteroatoms. The molecule has 1 aliphatic rings. The summed E-state index contributed by atoms with van der Waals surface area (Å²) in [5, 5.41) is 10.7. The number of hydrogen-bond donors (Lipinski definition) is 1. The van der Waals surface area contributed by atoms with Crippen molar-refractivity contribution in [3.8, 4) is 0 Å². The van der Waals surface area contributed by atoms with Gasteiger partial charge in [-0.2, -0.15) is 16.8 Å². The van der Waals surface area contributed by atoms with E-state index in [4.69, 9.17) is 17.8 Å². The standard InChI is InChI=1S/C26H28O9S2/c1-36(28,29)34-24-22(33-25(23(24)27)35-37(2,30)31)18-32-26(19-12-6-3-7-13-19,20-14-8-4-9-15-20)21-16-10-5-11-17-21/h3-17,22-25,27H,18H2,1-2H3/t22-,23-,24-,25?/m1/s1. The number of aliphatic hydroxyl groups excluding tert-OH is 1. The van der Waals surface area contributed by atoms with Crippen molar-refractivity contribution in [1.29, 1.82) is 0 Å². The van der Waals surface area contributed by atoms with Gasteiger partial charge >= 0.3 is 0 Å². The van der Waals surface area contributed by atoms with Crippen LogP contribution in [0.25, 0.3) is 0 Å². The quantitative estimate of drug-likeness (QED) is 0.300. The van der Waals surface area contributed by atoms with Crippen LogP contribution < -0.4 is 0 Å². The highest BCUT2D eigenvalue weighted by Crippen LogP contribution is 2.41. The van der Waals surface area contributed by atoms with E-state index in [1.807, 2.05) is 91.0 Å². The van der Waals surface area contributed by atoms with Gasteiger partial charge in [0.1, 0.15) is 23.9 Å². The van der Waals surface area contributed by atoms with Crippen molar-refractivity contribution in [1.82, 2.24) is 0 Å². The Balaban J connectivity index is 1.77. The van der Waals surface area contributed by atoms with Crippen LogP contribution in [0.1, 0.15) is 16.7 Å². The van der Waals surface area contributed by atoms with Crippen LogP contribution in [0.3, 0.4) is 0 Å². The molecule has 37 heavy (non-hydrogen) atoms. The Hall–Kier alpha value is -2.64. The molecular formula is C26H28O9S2. The Bertz CT molecular complexity index is 1280. The molecule has 3 aromatic carbocycles. The highest BCUT2D eigenvalue weighted by molar-refractivity contribution is 7.86. The molecule has 0 saturated carbocycles. The summed E-state index contributed by atoms with van der Waals surface area (Å²) in [6.45, 7) is -0.278. The molecule has 0 spiro atoms. The van der Waals surface area contributed by atoms with E-state index in [1.54, 1.807) is 0 Å². The van der Waals surface area contributed by atoms with Gasteiger partial charge in [-0.15, -0.1) is 0 Å². The van der Waals surface area contributed by atoms with Crippen LogP contribution in [0.2, 0.25) is 0 Å². The Kier molecular flexibility index (Phi) is 8.14. The second-order valence-electron chi connectivity index (χ2n) is 8.69. The maximum Gasteiger partial charge on any atom is 0.266 e. The number of ether oxygens (including phenoxy) is 2. The van der Waals surface area contributed by atoms with Crippen LogP contribution in [0, 0.1) is 0 Å². The lowest BCUT2D eigenvalue weighted by atomic mass is 9.80. The summed E-state index contributed by atoms with van der Waals surface area (Å²) in [4.78, 5) is 0. The van der Waals surface area contributed by atoms with Crippen LogP contribution >= 0.6 is 0 Å². The van der Waals surface area contributed by atoms with Crippen molar-refractivity contribution in [2.24, 2.45) is 0 Å². The van der Waals surface area contributed by atoms with Gasteiger partial charge in [0.25, 0.3) is 20.2 Å². The van der Waals surface area contributed by atoms with Gasteiger partial charge in [0.2, 0.25) is 6.29 Å². The third-order valence-corrected chi connectivity index (χ3v) is 6.96. The van der Waals surface area contributed by atoms with E-state index in [1.165, 1.54) is 0 Å². The van der Waals surface area contributed by atoms with Gasteiger partial charge in [-0.1, -0.05) is 91.0 Å². The molecule has 9 nitrogen and oxygen atoms in total. The third-order valence-electron chi connectivity index (χ3n) is 5.85. The fraction of sp³-hybridized carbons (Fsp3) is 0.308. The molecule has 1 saturated heterocycles. The normalized spacial score (nSPS) is 22.7. The highest BCUT2D eigenvalue weighted by atomic mass is 32.2. The van der Waals surface area contributed by atoms with Gasteiger partial charge in [-0.05, 0) is 16.7 Å². The predicted molar refractivity (Wildman–Crippen MR) is 135 cm³/mol. The average Bonchev–Trinajstić information content (AvgIpc) is 3.13. The summed E-state index contributed by atoms with van der Waals surface area (Å²) in [6, 6.07) is 28.3. The lowest BCUT2D eigenvalue weighted by Crippen LogP contribution is -2.42. The minimum absolute atomic E-state index is 0.278. The van der Waals surface area contributed by atoms with Crippen LogP contribution in [0.15, 0.2) is 91.0 Å². The van der Waals surface area contributed by atoms with Crippen molar-refractivity contribution < 1.29 is 39.8 Å². The number of aliphatic hydroxyl groups is 1. The molecule has 0 aliphatic carbocycles. The van der Waals surface area contributed by atoms with Gasteiger partial charge in [0.05, 0.1) is 19.1 Å². The summed E-state index contributed by atoms with van der Waals surface area (Å²) >= 11 is 0. The smallest absolute Gasteiger partial charge is 0.266 e. The molecule has 3 aromatic rings. The Morgan fingerprint density at radius 1 is 0.730 bits per heavy atom. The van der Waals surface area contributed by atoms with E-state index in [0.717, 1.165) is 29.2 Å². The molecule has 0 radical (unpaired) electrons. The fourth-order valence-electron chi connectivity index (χ4n) is 4.39. The molecule has 198 valence electrons. The lowest BCUT2D eigenvalue weighted by Gasteiger charge is -2.37. The summed E-state index contributed by atoms with van der Waals surface area (Å²) < 4.78 is 69.5. The maximum absolute atomic E-state index is 11.9. The van der Waals surface area contributed by atoms with E-state index in [9.17, 15) is 21.9 Å². The van der Waals surface area contributed by atoms with E-state index in [2.05, 4.69) is 0 Å². The molecule has 4 atom stereocenters. The highest BCUT2D eigenvalue weighted by Gasteiger charge is 2.50. The van der Waals surface area contributed by atoms with Crippen LogP contribution in [0.4, 0.5) is 0 Å². The SMILES string of the molecule is CS(=O)(=O)OC1O[C@H](COC(c2ccccc2)(c2ccccc2)c2ccccc2)[C@@H](OS(C)(=O)=O)[C@H]1O. The summed E-state index contributed by atoms with van der Waals surface area (Å²) in [6.07, 6.45) is -4.42. The van der Waals surface area contributed by atoms with Crippen molar-refractivity contribution in [2.45, 2.75) is 30.2 Å². The molecule has 1 aliphatic heterocycles. The van der Waals surface area contributed by atoms with Gasteiger partial charge in [-0.25, -0.2) is 4.18 Å². The van der Waals surface area contributed by atoms with E-state index >= 15 is 0 Å². The van der Waals surface area contributed by atoms with Crippen molar-refractivity contribution >= 4 is 20.2 Å². The van der Waals surface area contributed by atoms with E-state index in [0.29, 0.717) is 0 Å². The predicted octanol–water partition coefficient (Wildman–Crippen LogP) is 2.40. The molecule has 1 fully saturated rings. The second-order valence-corrected chi connectivity index (χ2v) is 11.9. The zero-order valence-electron chi connectivity index (χ0n) is 20.2. The zero-order chi connectivity index (χ0) is 26.7. The number of rotatable bonds is 10. The monoisotopic (exact) mass is 548 g/mol. The number of benzene rings is 3. The molecule has 0 amide bonds. The van der Waals surface area contributed by atoms with E-state index < -0.39 is 50.4 Å². The Labute approximate surface area is 216 Å². The van der Waals surface area contributed by atoms with Crippen molar-refractivity contribution in [3.63, 3.8) is 0 Å². The topological polar surface area (TPSA) is 125 Å². The molecule has 0 aromatic heterocycles. The van der Waals surface area contributed by atoms with Crippen molar-refractivity contribution in [3.05, 3.63) is 108 Å². The Morgan fingerprint density at radius 2 is 1.14 bits per heavy atom. The summed E-state index contributed by atoms with van der Waals surface area (Å²) in [7, 11) is -8.09. The minimum Gasteiger partial charge on any atom is -0.385 e. The second kappa shape index (κ2) is 11.0. The van der Waals surface area contributed by atoms with Gasteiger partial charge < -0.3 is 14.6 Å². The van der Waals surface area contributed by atoms with E-state index in [-0.39, 0.29) is 6.61 Å². The minimum atomic E-state index is -4.05. The molecular weight excluding hydrogens is 520 g/mol. The Morgan fingerprint density at radius 3 is 1.51 bits per heavy atom. The molecule has 4 rings (SSSR count). The zero-order valence-corrected chi connectivity index (χ0v) is 21.8. The largest absolute Gasteiger partial charge is 0.385 e. The van der Waals surface area contributed by atoms with Crippen LogP contribution in [-0.2, 0) is 43.7 Å². The summed E-state index contributed by atoms with van der Waals surface area (Å²) in [5.74, 6) is 0. The van der Waals surface area contributed by atoms with Crippen molar-refractivity contribution in [2.75, 3.05) is 19.1 Å². The first-order valence-corrected chi connectivity index (χ1v) is 15.0. The fourth-order valence-corrected chi connectivity index (χ4v) is 5.53. The average molecular weight is 549 g/mol. The maximum atomic E-state index is 11.9. The first kappa shape index (κ1) is 27.4. The first-order chi connectivity index (χ1) is 17.5. The molecule has 0 bridgehead atoms. The van der Waals surface area contributed by atoms with Gasteiger partial charge in [0, 0.05) is 0 Å². The molecule has 1 unspecified atom stereocenters. The third kappa shape index (κ3) is 6.44.